The Hall–Kier alpha value is -1.21. The smallest absolute Gasteiger partial charge is 0.220 e. The molecule has 3 heterocycles. The maximum Gasteiger partial charge on any atom is 0.220 e. The highest BCUT2D eigenvalue weighted by Crippen LogP contribution is 2.33. The monoisotopic (exact) mass is 1400 g/mol. The average Bonchev–Trinajstić information content (AvgIpc) is 0.785. The summed E-state index contributed by atoms with van der Waals surface area (Å²) in [5.41, 5.74) is 0. The third-order valence-corrected chi connectivity index (χ3v) is 21.2. The zero-order chi connectivity index (χ0) is 71.1. The summed E-state index contributed by atoms with van der Waals surface area (Å²) < 4.78 is 34.5. The van der Waals surface area contributed by atoms with E-state index in [0.717, 1.165) is 44.9 Å². The topological polar surface area (TPSA) is 307 Å². The molecule has 98 heavy (non-hydrogen) atoms. The van der Waals surface area contributed by atoms with Crippen molar-refractivity contribution in [3.63, 3.8) is 0 Å². The molecule has 12 N–H and O–H groups in total. The summed E-state index contributed by atoms with van der Waals surface area (Å²) in [4.78, 5) is 13.5. The second-order valence-electron chi connectivity index (χ2n) is 30.0. The van der Waals surface area contributed by atoms with Crippen molar-refractivity contribution < 1.29 is 89.4 Å². The Labute approximate surface area is 595 Å². The van der Waals surface area contributed by atoms with Gasteiger partial charge >= 0.3 is 0 Å². The van der Waals surface area contributed by atoms with Crippen LogP contribution in [0.15, 0.2) is 0 Å². The van der Waals surface area contributed by atoms with Gasteiger partial charge in [-0.15, -0.1) is 0 Å². The van der Waals surface area contributed by atoms with E-state index in [2.05, 4.69) is 19.2 Å². The van der Waals surface area contributed by atoms with E-state index in [9.17, 15) is 61.0 Å². The Kier molecular flexibility index (Phi) is 56.6. The molecule has 3 rings (SSSR count). The molecule has 0 bridgehead atoms. The molecule has 0 aromatic carbocycles. The van der Waals surface area contributed by atoms with E-state index in [1.165, 1.54) is 289 Å². The molecule has 0 spiro atoms. The Morgan fingerprint density at radius 1 is 0.327 bits per heavy atom. The van der Waals surface area contributed by atoms with Crippen LogP contribution in [0, 0.1) is 0 Å². The van der Waals surface area contributed by atoms with Crippen LogP contribution in [-0.2, 0) is 33.2 Å². The number of ether oxygens (including phenoxy) is 6. The van der Waals surface area contributed by atoms with Crippen LogP contribution in [0.1, 0.15) is 367 Å². The largest absolute Gasteiger partial charge is 0.394 e. The molecule has 1 amide bonds. The second-order valence-corrected chi connectivity index (χ2v) is 30.0. The highest BCUT2D eigenvalue weighted by Gasteiger charge is 2.54. The van der Waals surface area contributed by atoms with Gasteiger partial charge in [-0.3, -0.25) is 4.79 Å². The first-order valence-electron chi connectivity index (χ1n) is 41.3. The Morgan fingerprint density at radius 3 is 0.888 bits per heavy atom. The summed E-state index contributed by atoms with van der Waals surface area (Å²) in [5, 5.41) is 121. The molecule has 0 aliphatic carbocycles. The quantitative estimate of drug-likeness (QED) is 0.0252. The molecule has 3 saturated heterocycles. The molecular formula is C79H153NO18. The fourth-order valence-corrected chi connectivity index (χ4v) is 14.6. The molecule has 17 unspecified atom stereocenters. The van der Waals surface area contributed by atoms with E-state index in [1.807, 2.05) is 0 Å². The van der Waals surface area contributed by atoms with Crippen molar-refractivity contribution in [1.29, 1.82) is 0 Å². The number of carbonyl (C=O) groups excluding carboxylic acids is 1. The molecule has 3 aliphatic rings. The van der Waals surface area contributed by atoms with Gasteiger partial charge in [0.2, 0.25) is 5.91 Å². The van der Waals surface area contributed by atoms with Crippen LogP contribution in [0.4, 0.5) is 0 Å². The van der Waals surface area contributed by atoms with Gasteiger partial charge in [0, 0.05) is 6.42 Å². The van der Waals surface area contributed by atoms with Gasteiger partial charge < -0.3 is 89.9 Å². The minimum Gasteiger partial charge on any atom is -0.394 e. The maximum atomic E-state index is 13.5. The van der Waals surface area contributed by atoms with Crippen LogP contribution in [0.2, 0.25) is 0 Å². The fourth-order valence-electron chi connectivity index (χ4n) is 14.6. The van der Waals surface area contributed by atoms with Crippen LogP contribution in [0.25, 0.3) is 0 Å². The van der Waals surface area contributed by atoms with Gasteiger partial charge in [0.25, 0.3) is 0 Å². The molecule has 17 atom stereocenters. The summed E-state index contributed by atoms with van der Waals surface area (Å²) in [5.74, 6) is -0.232. The first kappa shape index (κ1) is 91.0. The van der Waals surface area contributed by atoms with Crippen molar-refractivity contribution in [3.05, 3.63) is 0 Å². The molecule has 0 aromatic heterocycles. The first-order chi connectivity index (χ1) is 47.8. The van der Waals surface area contributed by atoms with E-state index >= 15 is 0 Å². The van der Waals surface area contributed by atoms with Crippen LogP contribution in [0.3, 0.4) is 0 Å². The number of unbranched alkanes of at least 4 members (excludes halogenated alkanes) is 51. The van der Waals surface area contributed by atoms with Gasteiger partial charge in [0.15, 0.2) is 18.9 Å². The summed E-state index contributed by atoms with van der Waals surface area (Å²) in [6.07, 6.45) is 43.5. The van der Waals surface area contributed by atoms with Crippen LogP contribution in [-0.4, -0.2) is 193 Å². The number of rotatable bonds is 67. The normalized spacial score (nSPS) is 26.6. The van der Waals surface area contributed by atoms with E-state index in [4.69, 9.17) is 28.4 Å². The van der Waals surface area contributed by atoms with Gasteiger partial charge in [-0.1, -0.05) is 348 Å². The van der Waals surface area contributed by atoms with Crippen molar-refractivity contribution in [3.8, 4) is 0 Å². The lowest BCUT2D eigenvalue weighted by Gasteiger charge is -2.48. The summed E-state index contributed by atoms with van der Waals surface area (Å²) in [7, 11) is 0. The number of nitrogens with one attached hydrogen (secondary N) is 1. The lowest BCUT2D eigenvalue weighted by molar-refractivity contribution is -0.379. The van der Waals surface area contributed by atoms with E-state index < -0.39 is 124 Å². The van der Waals surface area contributed by atoms with Gasteiger partial charge in [-0.25, -0.2) is 0 Å². The third kappa shape index (κ3) is 40.9. The second kappa shape index (κ2) is 61.0. The number of hydrogen-bond acceptors (Lipinski definition) is 18. The van der Waals surface area contributed by atoms with Crippen molar-refractivity contribution >= 4 is 5.91 Å². The minimum absolute atomic E-state index is 0.232. The lowest BCUT2D eigenvalue weighted by atomic mass is 9.96. The number of hydrogen-bond donors (Lipinski definition) is 12. The average molecular weight is 1410 g/mol. The first-order valence-corrected chi connectivity index (χ1v) is 41.3. The van der Waals surface area contributed by atoms with Gasteiger partial charge in [0.05, 0.1) is 38.6 Å². The summed E-state index contributed by atoms with van der Waals surface area (Å²) in [6.45, 7) is 1.87. The Balaban J connectivity index is 1.34. The molecule has 3 fully saturated rings. The van der Waals surface area contributed by atoms with Crippen LogP contribution >= 0.6 is 0 Å². The molecule has 3 aliphatic heterocycles. The maximum absolute atomic E-state index is 13.5. The fraction of sp³-hybridized carbons (Fsp3) is 0.987. The predicted octanol–water partition coefficient (Wildman–Crippen LogP) is 13.8. The standard InChI is InChI=1S/C79H153NO18/c1-3-5-7-9-11-13-15-17-19-21-23-25-26-27-28-29-30-31-32-33-34-35-37-39-41-43-45-47-49-51-53-55-57-67(85)80-62(63(84)56-54-52-50-48-46-44-42-40-38-36-24-22-20-18-16-14-12-10-8-6-4-2)61-93-77-73(91)70(88)75(65(59-82)95-77)98-79-74(92)71(89)76(66(60-83)96-79)97-78-72(90)69(87)68(86)64(58-81)94-78/h62-66,68-79,81-84,86-92H,3-61H2,1-2H3,(H,80,85). The molecule has 0 aromatic rings. The molecule has 582 valence electrons. The van der Waals surface area contributed by atoms with Crippen molar-refractivity contribution in [2.45, 2.75) is 471 Å². The molecule has 19 nitrogen and oxygen atoms in total. The van der Waals surface area contributed by atoms with Crippen LogP contribution in [0.5, 0.6) is 0 Å². The van der Waals surface area contributed by atoms with Gasteiger partial charge in [-0.05, 0) is 12.8 Å². The highest BCUT2D eigenvalue weighted by atomic mass is 16.8. The van der Waals surface area contributed by atoms with Crippen molar-refractivity contribution in [1.82, 2.24) is 5.32 Å². The van der Waals surface area contributed by atoms with Gasteiger partial charge in [0.1, 0.15) is 73.2 Å². The Morgan fingerprint density at radius 2 is 0.582 bits per heavy atom. The predicted molar refractivity (Wildman–Crippen MR) is 388 cm³/mol. The minimum atomic E-state index is -1.97. The number of amides is 1. The van der Waals surface area contributed by atoms with E-state index in [1.54, 1.807) is 0 Å². The molecule has 19 heteroatoms. The summed E-state index contributed by atoms with van der Waals surface area (Å²) >= 11 is 0. The van der Waals surface area contributed by atoms with Crippen molar-refractivity contribution in [2.24, 2.45) is 0 Å². The van der Waals surface area contributed by atoms with Gasteiger partial charge in [-0.2, -0.15) is 0 Å². The molecular weight excluding hydrogens is 1250 g/mol. The lowest BCUT2D eigenvalue weighted by Crippen LogP contribution is -2.66. The van der Waals surface area contributed by atoms with Crippen molar-refractivity contribution in [2.75, 3.05) is 26.4 Å². The highest BCUT2D eigenvalue weighted by molar-refractivity contribution is 5.76. The molecule has 0 radical (unpaired) electrons. The number of aliphatic hydroxyl groups excluding tert-OH is 11. The van der Waals surface area contributed by atoms with Crippen LogP contribution < -0.4 is 5.32 Å². The van der Waals surface area contributed by atoms with E-state index in [-0.39, 0.29) is 18.9 Å². The SMILES string of the molecule is CCCCCCCCCCCCCCCCCCCCCCCCCCCCCCCCCCC(=O)NC(COC1OC(CO)C(OC2OC(CO)C(OC3OC(CO)C(O)C(O)C3O)C(O)C2O)C(O)C1O)C(O)CCCCCCCCCCCCCCCCCCCCCCC. The summed E-state index contributed by atoms with van der Waals surface area (Å²) in [6, 6.07) is -0.883. The van der Waals surface area contributed by atoms with E-state index in [0.29, 0.717) is 12.8 Å². The Bertz CT molecular complexity index is 1770. The number of carbonyl (C=O) groups is 1. The zero-order valence-electron chi connectivity index (χ0n) is 62.3. The zero-order valence-corrected chi connectivity index (χ0v) is 62.3. The third-order valence-electron chi connectivity index (χ3n) is 21.2. The number of aliphatic hydroxyl groups is 11. The molecule has 0 saturated carbocycles.